The van der Waals surface area contributed by atoms with Gasteiger partial charge in [0, 0.05) is 19.7 Å². The number of aromatic nitrogens is 2. The van der Waals surface area contributed by atoms with Crippen LogP contribution in [0.5, 0.6) is 0 Å². The van der Waals surface area contributed by atoms with Crippen molar-refractivity contribution in [2.45, 2.75) is 18.4 Å². The Morgan fingerprint density at radius 3 is 2.36 bits per heavy atom. The number of amides is 1. The molecule has 0 aliphatic rings. The molecule has 170 valence electrons. The van der Waals surface area contributed by atoms with Crippen LogP contribution in [0.25, 0.3) is 22.2 Å². The first-order valence-electron chi connectivity index (χ1n) is 10.3. The van der Waals surface area contributed by atoms with Crippen molar-refractivity contribution in [3.8, 4) is 11.5 Å². The van der Waals surface area contributed by atoms with Crippen molar-refractivity contribution in [1.29, 1.82) is 0 Å². The monoisotopic (exact) mass is 464 g/mol. The molecule has 0 bridgehead atoms. The van der Waals surface area contributed by atoms with Crippen LogP contribution in [0.3, 0.4) is 0 Å². The summed E-state index contributed by atoms with van der Waals surface area (Å²) in [5, 5.41) is 9.79. The highest BCUT2D eigenvalue weighted by molar-refractivity contribution is 7.89. The summed E-state index contributed by atoms with van der Waals surface area (Å²) in [6, 6.07) is 20.1. The highest BCUT2D eigenvalue weighted by Gasteiger charge is 2.25. The standard InChI is InChI=1S/C24H24N4O4S/c1-17-8-10-19(11-9-17)24-26-25-22(32-24)15-27(2)23(29)16-28(3)33(30,31)21-13-12-18-6-4-5-7-20(18)14-21/h4-14H,15-16H2,1-3H3. The van der Waals surface area contributed by atoms with Crippen LogP contribution in [0, 0.1) is 6.92 Å². The highest BCUT2D eigenvalue weighted by atomic mass is 32.2. The van der Waals surface area contributed by atoms with Gasteiger partial charge in [0.2, 0.25) is 27.7 Å². The Bertz CT molecular complexity index is 1400. The molecular weight excluding hydrogens is 440 g/mol. The first-order valence-corrected chi connectivity index (χ1v) is 11.8. The first kappa shape index (κ1) is 22.6. The molecule has 0 unspecified atom stereocenters. The van der Waals surface area contributed by atoms with Crippen LogP contribution in [-0.2, 0) is 21.4 Å². The van der Waals surface area contributed by atoms with Crippen molar-refractivity contribution >= 4 is 26.7 Å². The van der Waals surface area contributed by atoms with Crippen LogP contribution in [0.2, 0.25) is 0 Å². The summed E-state index contributed by atoms with van der Waals surface area (Å²) < 4.78 is 32.7. The number of carbonyl (C=O) groups excluding carboxylic acids is 1. The lowest BCUT2D eigenvalue weighted by Gasteiger charge is -2.21. The second-order valence-electron chi connectivity index (χ2n) is 7.89. The molecule has 0 radical (unpaired) electrons. The molecular formula is C24H24N4O4S. The lowest BCUT2D eigenvalue weighted by molar-refractivity contribution is -0.130. The number of fused-ring (bicyclic) bond motifs is 1. The van der Waals surface area contributed by atoms with Crippen molar-refractivity contribution < 1.29 is 17.6 Å². The summed E-state index contributed by atoms with van der Waals surface area (Å²) in [5.74, 6) is 0.236. The summed E-state index contributed by atoms with van der Waals surface area (Å²) >= 11 is 0. The van der Waals surface area contributed by atoms with E-state index in [1.165, 1.54) is 11.9 Å². The summed E-state index contributed by atoms with van der Waals surface area (Å²) in [7, 11) is -0.882. The average Bonchev–Trinajstić information content (AvgIpc) is 3.27. The third-order valence-corrected chi connectivity index (χ3v) is 7.15. The number of carbonyl (C=O) groups is 1. The molecule has 9 heteroatoms. The van der Waals surface area contributed by atoms with E-state index in [0.29, 0.717) is 5.89 Å². The van der Waals surface area contributed by atoms with Gasteiger partial charge in [-0.15, -0.1) is 10.2 Å². The lowest BCUT2D eigenvalue weighted by Crippen LogP contribution is -2.39. The maximum Gasteiger partial charge on any atom is 0.247 e. The highest BCUT2D eigenvalue weighted by Crippen LogP contribution is 2.22. The molecule has 0 spiro atoms. The van der Waals surface area contributed by atoms with Crippen molar-refractivity contribution in [3.05, 3.63) is 78.2 Å². The Labute approximate surface area is 192 Å². The number of sulfonamides is 1. The van der Waals surface area contributed by atoms with E-state index >= 15 is 0 Å². The molecule has 0 fully saturated rings. The fourth-order valence-electron chi connectivity index (χ4n) is 3.33. The Balaban J connectivity index is 1.42. The predicted molar refractivity (Wildman–Crippen MR) is 125 cm³/mol. The molecule has 0 saturated carbocycles. The normalized spacial score (nSPS) is 11.8. The minimum atomic E-state index is -3.83. The topological polar surface area (TPSA) is 96.6 Å². The predicted octanol–water partition coefficient (Wildman–Crippen LogP) is 3.48. The van der Waals surface area contributed by atoms with Crippen molar-refractivity contribution in [2.75, 3.05) is 20.6 Å². The summed E-state index contributed by atoms with van der Waals surface area (Å²) in [5.41, 5.74) is 1.90. The number of hydrogen-bond acceptors (Lipinski definition) is 6. The van der Waals surface area contributed by atoms with Gasteiger partial charge in [0.25, 0.3) is 0 Å². The van der Waals surface area contributed by atoms with Crippen LogP contribution >= 0.6 is 0 Å². The zero-order valence-corrected chi connectivity index (χ0v) is 19.4. The molecule has 1 amide bonds. The third kappa shape index (κ3) is 4.94. The SMILES string of the molecule is Cc1ccc(-c2nnc(CN(C)C(=O)CN(C)S(=O)(=O)c3ccc4ccccc4c3)o2)cc1. The Morgan fingerprint density at radius 1 is 0.939 bits per heavy atom. The summed E-state index contributed by atoms with van der Waals surface area (Å²) in [6.07, 6.45) is 0. The number of likely N-dealkylation sites (N-methyl/N-ethyl adjacent to an activating group) is 2. The van der Waals surface area contributed by atoms with Gasteiger partial charge in [0.1, 0.15) is 0 Å². The maximum absolute atomic E-state index is 13.0. The lowest BCUT2D eigenvalue weighted by atomic mass is 10.1. The number of hydrogen-bond donors (Lipinski definition) is 0. The van der Waals surface area contributed by atoms with E-state index in [-0.39, 0.29) is 23.9 Å². The number of benzene rings is 3. The van der Waals surface area contributed by atoms with Crippen LogP contribution in [0.1, 0.15) is 11.5 Å². The van der Waals surface area contributed by atoms with Gasteiger partial charge in [-0.2, -0.15) is 4.31 Å². The van der Waals surface area contributed by atoms with E-state index in [4.69, 9.17) is 4.42 Å². The average molecular weight is 465 g/mol. The molecule has 3 aromatic carbocycles. The van der Waals surface area contributed by atoms with E-state index in [1.54, 1.807) is 25.2 Å². The van der Waals surface area contributed by atoms with Crippen LogP contribution in [0.4, 0.5) is 0 Å². The third-order valence-electron chi connectivity index (χ3n) is 5.35. The van der Waals surface area contributed by atoms with E-state index in [1.807, 2.05) is 55.5 Å². The molecule has 4 aromatic rings. The summed E-state index contributed by atoms with van der Waals surface area (Å²) in [6.45, 7) is 1.74. The molecule has 0 aliphatic heterocycles. The quantitative estimate of drug-likeness (QED) is 0.415. The van der Waals surface area contributed by atoms with E-state index < -0.39 is 15.9 Å². The zero-order valence-electron chi connectivity index (χ0n) is 18.6. The Hall–Kier alpha value is -3.56. The largest absolute Gasteiger partial charge is 0.419 e. The molecule has 0 aliphatic carbocycles. The second-order valence-corrected chi connectivity index (χ2v) is 9.93. The van der Waals surface area contributed by atoms with Crippen LogP contribution in [-0.4, -0.2) is 54.4 Å². The minimum Gasteiger partial charge on any atom is -0.419 e. The number of rotatable bonds is 7. The molecule has 0 saturated heterocycles. The minimum absolute atomic E-state index is 0.0710. The molecule has 4 rings (SSSR count). The van der Waals surface area contributed by atoms with E-state index in [0.717, 1.165) is 26.2 Å². The number of aryl methyl sites for hydroxylation is 1. The fourth-order valence-corrected chi connectivity index (χ4v) is 4.48. The Kier molecular flexibility index (Phi) is 6.26. The molecule has 33 heavy (non-hydrogen) atoms. The van der Waals surface area contributed by atoms with Gasteiger partial charge < -0.3 is 9.32 Å². The van der Waals surface area contributed by atoms with Crippen LogP contribution < -0.4 is 0 Å². The van der Waals surface area contributed by atoms with Gasteiger partial charge in [-0.3, -0.25) is 4.79 Å². The van der Waals surface area contributed by atoms with Gasteiger partial charge in [-0.25, -0.2) is 8.42 Å². The molecule has 0 atom stereocenters. The van der Waals surface area contributed by atoms with Crippen LogP contribution in [0.15, 0.2) is 76.0 Å². The van der Waals surface area contributed by atoms with Gasteiger partial charge in [0.05, 0.1) is 18.0 Å². The summed E-state index contributed by atoms with van der Waals surface area (Å²) in [4.78, 5) is 14.2. The van der Waals surface area contributed by atoms with Gasteiger partial charge >= 0.3 is 0 Å². The molecule has 1 aromatic heterocycles. The second kappa shape index (κ2) is 9.13. The van der Waals surface area contributed by atoms with E-state index in [2.05, 4.69) is 10.2 Å². The van der Waals surface area contributed by atoms with Gasteiger partial charge in [0.15, 0.2) is 0 Å². The van der Waals surface area contributed by atoms with E-state index in [9.17, 15) is 13.2 Å². The fraction of sp³-hybridized carbons (Fsp3) is 0.208. The first-order chi connectivity index (χ1) is 15.7. The van der Waals surface area contributed by atoms with Gasteiger partial charge in [-0.1, -0.05) is 48.0 Å². The number of nitrogens with zero attached hydrogens (tertiary/aromatic N) is 4. The van der Waals surface area contributed by atoms with Crippen molar-refractivity contribution in [1.82, 2.24) is 19.4 Å². The Morgan fingerprint density at radius 2 is 1.64 bits per heavy atom. The van der Waals surface area contributed by atoms with Crippen molar-refractivity contribution in [3.63, 3.8) is 0 Å². The maximum atomic E-state index is 13.0. The molecule has 0 N–H and O–H groups in total. The van der Waals surface area contributed by atoms with Crippen molar-refractivity contribution in [2.24, 2.45) is 0 Å². The molecule has 1 heterocycles. The smallest absolute Gasteiger partial charge is 0.247 e. The zero-order chi connectivity index (χ0) is 23.6. The van der Waals surface area contributed by atoms with Gasteiger partial charge in [-0.05, 0) is 42.0 Å². The molecule has 8 nitrogen and oxygen atoms in total.